The molecule has 1 amide bonds. The third-order valence-corrected chi connectivity index (χ3v) is 5.39. The zero-order chi connectivity index (χ0) is 21.0. The van der Waals surface area contributed by atoms with Gasteiger partial charge >= 0.3 is 0 Å². The molecule has 0 bridgehead atoms. The lowest BCUT2D eigenvalue weighted by Crippen LogP contribution is -2.41. The predicted molar refractivity (Wildman–Crippen MR) is 113 cm³/mol. The van der Waals surface area contributed by atoms with Crippen molar-refractivity contribution in [3.8, 4) is 11.5 Å². The molecule has 0 radical (unpaired) electrons. The zero-order valence-corrected chi connectivity index (χ0v) is 17.7. The molecule has 1 aliphatic heterocycles. The molecule has 1 N–H and O–H groups in total. The second-order valence-corrected chi connectivity index (χ2v) is 8.59. The topological polar surface area (TPSA) is 71.6 Å². The van der Waals surface area contributed by atoms with E-state index in [2.05, 4.69) is 4.98 Å². The van der Waals surface area contributed by atoms with Gasteiger partial charge in [-0.3, -0.25) is 9.59 Å². The van der Waals surface area contributed by atoms with Crippen molar-refractivity contribution in [2.45, 2.75) is 39.0 Å². The second kappa shape index (κ2) is 8.72. The van der Waals surface area contributed by atoms with Crippen molar-refractivity contribution in [2.24, 2.45) is 5.92 Å². The molecule has 2 aromatic rings. The average Bonchev–Trinajstić information content (AvgIpc) is 2.72. The number of piperidine rings is 1. The van der Waals surface area contributed by atoms with Crippen molar-refractivity contribution in [3.63, 3.8) is 0 Å². The maximum Gasteiger partial charge on any atom is 0.261 e. The third-order valence-electron chi connectivity index (χ3n) is 5.39. The summed E-state index contributed by atoms with van der Waals surface area (Å²) in [4.78, 5) is 29.8. The Balaban J connectivity index is 1.53. The lowest BCUT2D eigenvalue weighted by molar-refractivity contribution is 0.0659. The van der Waals surface area contributed by atoms with E-state index in [1.54, 1.807) is 18.1 Å². The smallest absolute Gasteiger partial charge is 0.261 e. The lowest BCUT2D eigenvalue weighted by atomic mass is 9.91. The minimum atomic E-state index is -0.313. The Morgan fingerprint density at radius 2 is 1.69 bits per heavy atom. The molecule has 6 heteroatoms. The summed E-state index contributed by atoms with van der Waals surface area (Å²) in [5, 5.41) is 0. The molecule has 0 spiro atoms. The number of benzene rings is 1. The molecule has 0 atom stereocenters. The minimum Gasteiger partial charge on any atom is -0.497 e. The first-order valence-corrected chi connectivity index (χ1v) is 10.1. The van der Waals surface area contributed by atoms with Gasteiger partial charge in [-0.15, -0.1) is 0 Å². The number of aromatic nitrogens is 1. The first-order valence-electron chi connectivity index (χ1n) is 10.1. The van der Waals surface area contributed by atoms with Crippen molar-refractivity contribution >= 4 is 5.91 Å². The van der Waals surface area contributed by atoms with Crippen molar-refractivity contribution < 1.29 is 14.3 Å². The molecule has 1 aliphatic rings. The number of carbonyl (C=O) groups is 1. The number of likely N-dealkylation sites (tertiary alicyclic amines) is 1. The summed E-state index contributed by atoms with van der Waals surface area (Å²) in [5.41, 5.74) is 0.565. The number of rotatable bonds is 5. The van der Waals surface area contributed by atoms with Crippen molar-refractivity contribution in [2.75, 3.05) is 26.8 Å². The summed E-state index contributed by atoms with van der Waals surface area (Å²) >= 11 is 0. The molecule has 0 saturated carbocycles. The molecular formula is C23H30N2O4. The molecule has 156 valence electrons. The number of pyridine rings is 1. The Labute approximate surface area is 171 Å². The Kier molecular flexibility index (Phi) is 6.30. The van der Waals surface area contributed by atoms with Crippen LogP contribution in [0.3, 0.4) is 0 Å². The molecule has 2 heterocycles. The summed E-state index contributed by atoms with van der Waals surface area (Å²) in [6.07, 6.45) is 1.72. The van der Waals surface area contributed by atoms with Crippen molar-refractivity contribution in [1.82, 2.24) is 9.88 Å². The van der Waals surface area contributed by atoms with Gasteiger partial charge in [0.05, 0.1) is 13.7 Å². The summed E-state index contributed by atoms with van der Waals surface area (Å²) in [6.45, 7) is 7.97. The minimum absolute atomic E-state index is 0.164. The van der Waals surface area contributed by atoms with Crippen molar-refractivity contribution in [3.05, 3.63) is 58.0 Å². The normalized spacial score (nSPS) is 15.2. The van der Waals surface area contributed by atoms with Crippen LogP contribution in [0, 0.1) is 5.92 Å². The van der Waals surface area contributed by atoms with E-state index in [-0.39, 0.29) is 22.4 Å². The van der Waals surface area contributed by atoms with Gasteiger partial charge in [0.25, 0.3) is 11.5 Å². The number of H-pyrrole nitrogens is 1. The van der Waals surface area contributed by atoms with Crippen LogP contribution in [0.25, 0.3) is 0 Å². The SMILES string of the molecule is COc1ccc(OCC2CCN(C(=O)c3ccc(C(C)(C)C)[nH]c3=O)CC2)cc1. The van der Waals surface area contributed by atoms with E-state index in [9.17, 15) is 9.59 Å². The summed E-state index contributed by atoms with van der Waals surface area (Å²) in [6, 6.07) is 11.0. The number of ether oxygens (including phenoxy) is 2. The average molecular weight is 399 g/mol. The van der Waals surface area contributed by atoms with Crippen LogP contribution in [-0.2, 0) is 5.41 Å². The van der Waals surface area contributed by atoms with Crippen LogP contribution in [0.15, 0.2) is 41.2 Å². The summed E-state index contributed by atoms with van der Waals surface area (Å²) in [5.74, 6) is 1.81. The monoisotopic (exact) mass is 398 g/mol. The predicted octanol–water partition coefficient (Wildman–Crippen LogP) is 3.61. The van der Waals surface area contributed by atoms with Gasteiger partial charge < -0.3 is 19.4 Å². The first kappa shape index (κ1) is 21.0. The van der Waals surface area contributed by atoms with Gasteiger partial charge in [0.1, 0.15) is 17.1 Å². The number of methoxy groups -OCH3 is 1. The van der Waals surface area contributed by atoms with Gasteiger partial charge in [-0.1, -0.05) is 20.8 Å². The van der Waals surface area contributed by atoms with E-state index in [1.807, 2.05) is 51.1 Å². The van der Waals surface area contributed by atoms with Gasteiger partial charge in [0.2, 0.25) is 0 Å². The van der Waals surface area contributed by atoms with Gasteiger partial charge in [0.15, 0.2) is 0 Å². The Hall–Kier alpha value is -2.76. The fraction of sp³-hybridized carbons (Fsp3) is 0.478. The highest BCUT2D eigenvalue weighted by molar-refractivity contribution is 5.93. The van der Waals surface area contributed by atoms with E-state index in [1.165, 1.54) is 0 Å². The molecule has 29 heavy (non-hydrogen) atoms. The Morgan fingerprint density at radius 3 is 2.24 bits per heavy atom. The molecule has 1 fully saturated rings. The molecule has 6 nitrogen and oxygen atoms in total. The fourth-order valence-electron chi connectivity index (χ4n) is 3.44. The maximum atomic E-state index is 12.8. The molecule has 1 aromatic heterocycles. The first-order chi connectivity index (χ1) is 13.8. The van der Waals surface area contributed by atoms with Crippen LogP contribution in [0.5, 0.6) is 11.5 Å². The number of amides is 1. The number of nitrogens with one attached hydrogen (secondary N) is 1. The van der Waals surface area contributed by atoms with Crippen molar-refractivity contribution in [1.29, 1.82) is 0 Å². The maximum absolute atomic E-state index is 12.8. The van der Waals surface area contributed by atoms with Crippen LogP contribution in [0.1, 0.15) is 49.7 Å². The van der Waals surface area contributed by atoms with Gasteiger partial charge in [0, 0.05) is 24.2 Å². The van der Waals surface area contributed by atoms with Crippen LogP contribution in [0.4, 0.5) is 0 Å². The highest BCUT2D eigenvalue weighted by Crippen LogP contribution is 2.23. The van der Waals surface area contributed by atoms with E-state index in [0.29, 0.717) is 25.6 Å². The van der Waals surface area contributed by atoms with E-state index < -0.39 is 0 Å². The highest BCUT2D eigenvalue weighted by atomic mass is 16.5. The molecule has 3 rings (SSSR count). The zero-order valence-electron chi connectivity index (χ0n) is 17.7. The lowest BCUT2D eigenvalue weighted by Gasteiger charge is -2.32. The highest BCUT2D eigenvalue weighted by Gasteiger charge is 2.26. The number of nitrogens with zero attached hydrogens (tertiary/aromatic N) is 1. The quantitative estimate of drug-likeness (QED) is 0.835. The molecule has 1 aromatic carbocycles. The fourth-order valence-corrected chi connectivity index (χ4v) is 3.44. The van der Waals surface area contributed by atoms with Crippen LogP contribution < -0.4 is 15.0 Å². The molecule has 1 saturated heterocycles. The van der Waals surface area contributed by atoms with E-state index in [0.717, 1.165) is 30.0 Å². The van der Waals surface area contributed by atoms with Crippen LogP contribution in [0.2, 0.25) is 0 Å². The summed E-state index contributed by atoms with van der Waals surface area (Å²) < 4.78 is 11.0. The van der Waals surface area contributed by atoms with Gasteiger partial charge in [-0.25, -0.2) is 0 Å². The largest absolute Gasteiger partial charge is 0.497 e. The Morgan fingerprint density at radius 1 is 1.07 bits per heavy atom. The number of carbonyl (C=O) groups excluding carboxylic acids is 1. The second-order valence-electron chi connectivity index (χ2n) is 8.59. The van der Waals surface area contributed by atoms with Gasteiger partial charge in [-0.2, -0.15) is 0 Å². The number of aromatic amines is 1. The summed E-state index contributed by atoms with van der Waals surface area (Å²) in [7, 11) is 1.64. The van der Waals surface area contributed by atoms with E-state index in [4.69, 9.17) is 9.47 Å². The Bertz CT molecular complexity index is 888. The van der Waals surface area contributed by atoms with Crippen LogP contribution in [-0.4, -0.2) is 42.6 Å². The standard InChI is InChI=1S/C23H30N2O4/c1-23(2,3)20-10-9-19(21(26)24-20)22(27)25-13-11-16(12-14-25)15-29-18-7-5-17(28-4)6-8-18/h5-10,16H,11-15H2,1-4H3,(H,24,26). The van der Waals surface area contributed by atoms with Gasteiger partial charge in [-0.05, 0) is 55.2 Å². The van der Waals surface area contributed by atoms with E-state index >= 15 is 0 Å². The third kappa shape index (κ3) is 5.19. The van der Waals surface area contributed by atoms with Crippen LogP contribution >= 0.6 is 0 Å². The molecule has 0 aliphatic carbocycles. The molecule has 0 unspecified atom stereocenters. The molecular weight excluding hydrogens is 368 g/mol. The number of hydrogen-bond donors (Lipinski definition) is 1. The number of hydrogen-bond acceptors (Lipinski definition) is 4.